The zero-order valence-electron chi connectivity index (χ0n) is 19.1. The fourth-order valence-electron chi connectivity index (χ4n) is 4.75. The highest BCUT2D eigenvalue weighted by Crippen LogP contribution is 2.40. The maximum absolute atomic E-state index is 11.1. The number of fused-ring (bicyclic) bond motifs is 1. The van der Waals surface area contributed by atoms with Gasteiger partial charge in [-0.05, 0) is 61.3 Å². The summed E-state index contributed by atoms with van der Waals surface area (Å²) in [4.78, 5) is 13.8. The van der Waals surface area contributed by atoms with Crippen LogP contribution in [0.4, 0.5) is 5.69 Å². The van der Waals surface area contributed by atoms with E-state index in [1.807, 2.05) is 36.4 Å². The van der Waals surface area contributed by atoms with Gasteiger partial charge in [0.05, 0.1) is 5.69 Å². The van der Waals surface area contributed by atoms with Crippen LogP contribution in [0.15, 0.2) is 36.4 Å². The zero-order chi connectivity index (χ0) is 22.0. The van der Waals surface area contributed by atoms with Crippen molar-refractivity contribution in [3.05, 3.63) is 36.4 Å². The van der Waals surface area contributed by atoms with Crippen LogP contribution in [0, 0.1) is 17.3 Å². The maximum atomic E-state index is 11.1. The molecule has 3 atom stereocenters. The summed E-state index contributed by atoms with van der Waals surface area (Å²) in [5.74, 6) is 2.02. The van der Waals surface area contributed by atoms with E-state index in [4.69, 9.17) is 4.74 Å². The van der Waals surface area contributed by atoms with Crippen molar-refractivity contribution < 1.29 is 9.53 Å². The summed E-state index contributed by atoms with van der Waals surface area (Å²) in [6.45, 7) is 12.1. The molecule has 2 aromatic rings. The minimum atomic E-state index is -0.0808. The third-order valence-electron chi connectivity index (χ3n) is 6.39. The second kappa shape index (κ2) is 8.95. The largest absolute Gasteiger partial charge is 0.473 e. The van der Waals surface area contributed by atoms with E-state index in [-0.39, 0.29) is 12.0 Å². The van der Waals surface area contributed by atoms with Crippen molar-refractivity contribution in [1.29, 1.82) is 0 Å². The first kappa shape index (κ1) is 21.8. The van der Waals surface area contributed by atoms with Crippen LogP contribution < -0.4 is 10.1 Å². The molecule has 6 heteroatoms. The number of hydrogen-bond acceptors (Lipinski definition) is 5. The smallest absolute Gasteiger partial charge is 0.233 e. The number of ether oxygens (including phenoxy) is 1. The number of rotatable bonds is 6. The Labute approximate surface area is 185 Å². The molecular weight excluding hydrogens is 388 g/mol. The standard InChI is InChI=1S/C25H34N4O2/c1-17(30)26-21-7-5-18(6-8-21)23-9-10-24(28-27-23)31-22-13-19-15-29(16-20(19)14-22)12-11-25(2,3)4/h5-10,19-20,22H,11-16H2,1-4H3,(H,26,30)/t19-,20?,22?/m1/s1. The zero-order valence-corrected chi connectivity index (χ0v) is 19.1. The third kappa shape index (κ3) is 5.82. The molecule has 1 aliphatic heterocycles. The lowest BCUT2D eigenvalue weighted by Gasteiger charge is -2.24. The average molecular weight is 423 g/mol. The molecule has 1 aliphatic carbocycles. The lowest BCUT2D eigenvalue weighted by atomic mass is 9.92. The van der Waals surface area contributed by atoms with Crippen molar-refractivity contribution in [2.24, 2.45) is 17.3 Å². The van der Waals surface area contributed by atoms with Gasteiger partial charge in [0.2, 0.25) is 11.8 Å². The fraction of sp³-hybridized carbons (Fsp3) is 0.560. The molecule has 6 nitrogen and oxygen atoms in total. The van der Waals surface area contributed by atoms with E-state index >= 15 is 0 Å². The summed E-state index contributed by atoms with van der Waals surface area (Å²) in [5.41, 5.74) is 2.92. The Morgan fingerprint density at radius 2 is 1.74 bits per heavy atom. The van der Waals surface area contributed by atoms with E-state index in [2.05, 4.69) is 41.2 Å². The SMILES string of the molecule is CC(=O)Nc1ccc(-c2ccc(OC3CC4CN(CCC(C)(C)C)C[C@H]4C3)nn2)cc1. The van der Waals surface area contributed by atoms with E-state index in [0.29, 0.717) is 11.3 Å². The van der Waals surface area contributed by atoms with Gasteiger partial charge in [-0.15, -0.1) is 10.2 Å². The number of aromatic nitrogens is 2. The Balaban J connectivity index is 1.27. The van der Waals surface area contributed by atoms with Gasteiger partial charge in [-0.2, -0.15) is 0 Å². The Morgan fingerprint density at radius 3 is 2.29 bits per heavy atom. The normalized spacial score (nSPS) is 23.5. The van der Waals surface area contributed by atoms with Crippen LogP contribution in [-0.2, 0) is 4.79 Å². The molecule has 166 valence electrons. The molecule has 1 saturated heterocycles. The number of likely N-dealkylation sites (tertiary alicyclic amines) is 1. The van der Waals surface area contributed by atoms with Gasteiger partial charge in [-0.3, -0.25) is 4.79 Å². The van der Waals surface area contributed by atoms with Crippen molar-refractivity contribution in [2.45, 2.75) is 53.1 Å². The highest BCUT2D eigenvalue weighted by atomic mass is 16.5. The number of carbonyl (C=O) groups excluding carboxylic acids is 1. The van der Waals surface area contributed by atoms with Crippen molar-refractivity contribution in [3.8, 4) is 17.1 Å². The molecule has 31 heavy (non-hydrogen) atoms. The molecule has 1 aromatic heterocycles. The predicted octanol–water partition coefficient (Wildman–Crippen LogP) is 4.63. The fourth-order valence-corrected chi connectivity index (χ4v) is 4.75. The van der Waals surface area contributed by atoms with Crippen LogP contribution in [0.1, 0.15) is 47.0 Å². The summed E-state index contributed by atoms with van der Waals surface area (Å²) in [7, 11) is 0. The molecule has 0 bridgehead atoms. The van der Waals surface area contributed by atoms with E-state index < -0.39 is 0 Å². The summed E-state index contributed by atoms with van der Waals surface area (Å²) in [5, 5.41) is 11.4. The van der Waals surface area contributed by atoms with Crippen molar-refractivity contribution in [1.82, 2.24) is 15.1 Å². The van der Waals surface area contributed by atoms with Crippen LogP contribution in [-0.4, -0.2) is 46.7 Å². The first-order valence-corrected chi connectivity index (χ1v) is 11.4. The van der Waals surface area contributed by atoms with E-state index in [0.717, 1.165) is 41.6 Å². The summed E-state index contributed by atoms with van der Waals surface area (Å²) < 4.78 is 6.18. The first-order valence-electron chi connectivity index (χ1n) is 11.4. The van der Waals surface area contributed by atoms with Crippen LogP contribution in [0.5, 0.6) is 5.88 Å². The molecule has 2 unspecified atom stereocenters. The van der Waals surface area contributed by atoms with Crippen LogP contribution >= 0.6 is 0 Å². The van der Waals surface area contributed by atoms with E-state index in [1.165, 1.54) is 33.0 Å². The molecule has 0 radical (unpaired) electrons. The topological polar surface area (TPSA) is 67.3 Å². The summed E-state index contributed by atoms with van der Waals surface area (Å²) >= 11 is 0. The number of hydrogen-bond donors (Lipinski definition) is 1. The lowest BCUT2D eigenvalue weighted by Crippen LogP contribution is -2.28. The number of carbonyl (C=O) groups is 1. The van der Waals surface area contributed by atoms with Gasteiger partial charge in [-0.1, -0.05) is 32.9 Å². The van der Waals surface area contributed by atoms with Crippen LogP contribution in [0.3, 0.4) is 0 Å². The third-order valence-corrected chi connectivity index (χ3v) is 6.39. The van der Waals surface area contributed by atoms with Gasteiger partial charge in [0.15, 0.2) is 0 Å². The first-order chi connectivity index (χ1) is 14.7. The minimum absolute atomic E-state index is 0.0808. The van der Waals surface area contributed by atoms with E-state index in [1.54, 1.807) is 0 Å². The van der Waals surface area contributed by atoms with Gasteiger partial charge >= 0.3 is 0 Å². The number of amides is 1. The second-order valence-electron chi connectivity index (χ2n) is 10.3. The number of benzene rings is 1. The Morgan fingerprint density at radius 1 is 1.06 bits per heavy atom. The lowest BCUT2D eigenvalue weighted by molar-refractivity contribution is -0.114. The summed E-state index contributed by atoms with van der Waals surface area (Å²) in [6.07, 6.45) is 3.73. The molecular formula is C25H34N4O2. The number of nitrogens with one attached hydrogen (secondary N) is 1. The molecule has 1 saturated carbocycles. The van der Waals surface area contributed by atoms with Crippen LogP contribution in [0.2, 0.25) is 0 Å². The molecule has 1 N–H and O–H groups in total. The predicted molar refractivity (Wildman–Crippen MR) is 123 cm³/mol. The van der Waals surface area contributed by atoms with Gasteiger partial charge in [0.25, 0.3) is 0 Å². The highest BCUT2D eigenvalue weighted by Gasteiger charge is 2.41. The molecule has 2 heterocycles. The van der Waals surface area contributed by atoms with Gasteiger partial charge in [0.1, 0.15) is 6.10 Å². The van der Waals surface area contributed by atoms with E-state index in [9.17, 15) is 4.79 Å². The summed E-state index contributed by atoms with van der Waals surface area (Å²) in [6, 6.07) is 11.4. The minimum Gasteiger partial charge on any atom is -0.473 e. The molecule has 4 rings (SSSR count). The number of anilines is 1. The molecule has 1 amide bonds. The Hall–Kier alpha value is -2.47. The van der Waals surface area contributed by atoms with Gasteiger partial charge in [-0.25, -0.2) is 0 Å². The van der Waals surface area contributed by atoms with Gasteiger partial charge in [0, 0.05) is 37.3 Å². The molecule has 2 fully saturated rings. The van der Waals surface area contributed by atoms with Gasteiger partial charge < -0.3 is 15.0 Å². The monoisotopic (exact) mass is 422 g/mol. The maximum Gasteiger partial charge on any atom is 0.233 e. The molecule has 0 spiro atoms. The molecule has 1 aromatic carbocycles. The van der Waals surface area contributed by atoms with Crippen molar-refractivity contribution >= 4 is 11.6 Å². The van der Waals surface area contributed by atoms with Crippen molar-refractivity contribution in [3.63, 3.8) is 0 Å². The highest BCUT2D eigenvalue weighted by molar-refractivity contribution is 5.88. The molecule has 2 aliphatic rings. The van der Waals surface area contributed by atoms with Crippen molar-refractivity contribution in [2.75, 3.05) is 25.0 Å². The number of nitrogens with zero attached hydrogens (tertiary/aromatic N) is 3. The average Bonchev–Trinajstić information content (AvgIpc) is 3.25. The Kier molecular flexibility index (Phi) is 6.28. The van der Waals surface area contributed by atoms with Crippen LogP contribution in [0.25, 0.3) is 11.3 Å². The second-order valence-corrected chi connectivity index (χ2v) is 10.3. The quantitative estimate of drug-likeness (QED) is 0.735. The Bertz CT molecular complexity index is 875.